The molecule has 3 rings (SSSR count). The summed E-state index contributed by atoms with van der Waals surface area (Å²) in [5.74, 6) is 1.68. The van der Waals surface area contributed by atoms with E-state index in [9.17, 15) is 0 Å². The molecule has 2 heterocycles. The van der Waals surface area contributed by atoms with Crippen LogP contribution in [0, 0.1) is 0 Å². The number of hydrogen-bond acceptors (Lipinski definition) is 5. The molecule has 0 saturated carbocycles. The zero-order chi connectivity index (χ0) is 14.7. The number of hydrogen-bond donors (Lipinski definition) is 1. The Balaban J connectivity index is 2.07. The lowest BCUT2D eigenvalue weighted by Gasteiger charge is -2.10. The third-order valence-corrected chi connectivity index (χ3v) is 3.23. The summed E-state index contributed by atoms with van der Waals surface area (Å²) in [4.78, 5) is 13.0. The molecule has 0 amide bonds. The van der Waals surface area contributed by atoms with Crippen molar-refractivity contribution in [3.05, 3.63) is 47.2 Å². The van der Waals surface area contributed by atoms with E-state index >= 15 is 0 Å². The van der Waals surface area contributed by atoms with Crippen LogP contribution in [0.25, 0.3) is 10.9 Å². The highest BCUT2D eigenvalue weighted by molar-refractivity contribution is 9.10. The molecule has 106 valence electrons. The molecule has 0 radical (unpaired) electrons. The second-order valence-corrected chi connectivity index (χ2v) is 5.26. The van der Waals surface area contributed by atoms with E-state index in [-0.39, 0.29) is 0 Å². The highest BCUT2D eigenvalue weighted by Crippen LogP contribution is 2.29. The Kier molecular flexibility index (Phi) is 3.96. The number of nitrogens with zero attached hydrogens (tertiary/aromatic N) is 3. The number of nitrogens with one attached hydrogen (secondary N) is 1. The minimum absolute atomic E-state index is 0.511. The first-order valence-corrected chi connectivity index (χ1v) is 7.34. The molecule has 0 aliphatic carbocycles. The Labute approximate surface area is 130 Å². The van der Waals surface area contributed by atoms with Gasteiger partial charge in [0.25, 0.3) is 0 Å². The number of para-hydroxylation sites is 1. The van der Waals surface area contributed by atoms with E-state index in [0.717, 1.165) is 21.9 Å². The summed E-state index contributed by atoms with van der Waals surface area (Å²) in [7, 11) is 0. The molecule has 5 nitrogen and oxygen atoms in total. The zero-order valence-corrected chi connectivity index (χ0v) is 13.0. The van der Waals surface area contributed by atoms with Crippen LogP contribution in [0.15, 0.2) is 47.2 Å². The summed E-state index contributed by atoms with van der Waals surface area (Å²) < 4.78 is 6.73. The fraction of sp³-hybridized carbons (Fsp3) is 0.133. The molecule has 3 aromatic rings. The van der Waals surface area contributed by atoms with Gasteiger partial charge in [-0.3, -0.25) is 4.98 Å². The number of aromatic nitrogens is 3. The molecule has 0 fully saturated rings. The van der Waals surface area contributed by atoms with Crippen molar-refractivity contribution >= 4 is 32.8 Å². The summed E-state index contributed by atoms with van der Waals surface area (Å²) in [6.45, 7) is 2.74. The highest BCUT2D eigenvalue weighted by Gasteiger charge is 2.09. The van der Waals surface area contributed by atoms with Gasteiger partial charge in [0, 0.05) is 17.2 Å². The van der Waals surface area contributed by atoms with Crippen LogP contribution in [0.3, 0.4) is 0 Å². The molecule has 0 unspecified atom stereocenters. The maximum atomic E-state index is 5.88. The average Bonchev–Trinajstić information content (AvgIpc) is 2.48. The van der Waals surface area contributed by atoms with Gasteiger partial charge in [-0.15, -0.1) is 0 Å². The number of ether oxygens (including phenoxy) is 1. The number of pyridine rings is 1. The lowest BCUT2D eigenvalue weighted by molar-refractivity contribution is 0.466. The SMILES string of the molecule is CCNc1nc(Oc2cncc(Br)c2)c2ccccc2n1. The van der Waals surface area contributed by atoms with Crippen LogP contribution in [0.4, 0.5) is 5.95 Å². The first-order chi connectivity index (χ1) is 10.3. The Morgan fingerprint density at radius 2 is 2.05 bits per heavy atom. The Morgan fingerprint density at radius 3 is 2.86 bits per heavy atom. The third kappa shape index (κ3) is 3.11. The van der Waals surface area contributed by atoms with Crippen molar-refractivity contribution in [1.29, 1.82) is 0 Å². The number of anilines is 1. The molecule has 2 aromatic heterocycles. The van der Waals surface area contributed by atoms with Crippen LogP contribution in [-0.2, 0) is 0 Å². The molecule has 0 aliphatic heterocycles. The van der Waals surface area contributed by atoms with E-state index in [1.165, 1.54) is 0 Å². The lowest BCUT2D eigenvalue weighted by Crippen LogP contribution is -2.03. The van der Waals surface area contributed by atoms with Gasteiger partial charge in [-0.1, -0.05) is 12.1 Å². The predicted molar refractivity (Wildman–Crippen MR) is 85.7 cm³/mol. The van der Waals surface area contributed by atoms with Crippen LogP contribution in [0.5, 0.6) is 11.6 Å². The van der Waals surface area contributed by atoms with Crippen LogP contribution in [0.1, 0.15) is 6.92 Å². The summed E-state index contributed by atoms with van der Waals surface area (Å²) >= 11 is 3.38. The monoisotopic (exact) mass is 344 g/mol. The van der Waals surface area contributed by atoms with Crippen LogP contribution in [-0.4, -0.2) is 21.5 Å². The number of halogens is 1. The summed E-state index contributed by atoms with van der Waals surface area (Å²) in [6, 6.07) is 9.59. The van der Waals surface area contributed by atoms with Gasteiger partial charge in [0.05, 0.1) is 17.1 Å². The maximum Gasteiger partial charge on any atom is 0.232 e. The molecule has 1 aromatic carbocycles. The molecule has 0 saturated heterocycles. The third-order valence-electron chi connectivity index (χ3n) is 2.80. The van der Waals surface area contributed by atoms with Crippen molar-refractivity contribution < 1.29 is 4.74 Å². The molecule has 0 bridgehead atoms. The summed E-state index contributed by atoms with van der Waals surface area (Å²) in [6.07, 6.45) is 3.35. The minimum atomic E-state index is 0.511. The molecular formula is C15H13BrN4O. The van der Waals surface area contributed by atoms with Crippen molar-refractivity contribution in [2.75, 3.05) is 11.9 Å². The standard InChI is InChI=1S/C15H13BrN4O/c1-2-18-15-19-13-6-4-3-5-12(13)14(20-15)21-11-7-10(16)8-17-9-11/h3-9H,2H2,1H3,(H,18,19,20). The molecule has 1 N–H and O–H groups in total. The van der Waals surface area contributed by atoms with Gasteiger partial charge in [-0.25, -0.2) is 4.98 Å². The topological polar surface area (TPSA) is 59.9 Å². The molecule has 0 aliphatic rings. The van der Waals surface area contributed by atoms with E-state index in [4.69, 9.17) is 4.74 Å². The van der Waals surface area contributed by atoms with Crippen molar-refractivity contribution in [1.82, 2.24) is 15.0 Å². The van der Waals surface area contributed by atoms with Gasteiger partial charge in [-0.05, 0) is 41.1 Å². The fourth-order valence-corrected chi connectivity index (χ4v) is 2.27. The normalized spacial score (nSPS) is 10.6. The van der Waals surface area contributed by atoms with E-state index in [2.05, 4.69) is 36.2 Å². The number of rotatable bonds is 4. The second kappa shape index (κ2) is 6.05. The molecule has 0 spiro atoms. The van der Waals surface area contributed by atoms with E-state index in [0.29, 0.717) is 17.6 Å². The second-order valence-electron chi connectivity index (χ2n) is 4.34. The smallest absolute Gasteiger partial charge is 0.232 e. The Hall–Kier alpha value is -2.21. The zero-order valence-electron chi connectivity index (χ0n) is 11.4. The predicted octanol–water partition coefficient (Wildman–Crippen LogP) is 4.01. The Bertz CT molecular complexity index is 778. The van der Waals surface area contributed by atoms with Crippen molar-refractivity contribution in [2.24, 2.45) is 0 Å². The quantitative estimate of drug-likeness (QED) is 0.774. The first kappa shape index (κ1) is 13.8. The van der Waals surface area contributed by atoms with Gasteiger partial charge in [0.15, 0.2) is 0 Å². The van der Waals surface area contributed by atoms with E-state index in [1.54, 1.807) is 12.4 Å². The lowest BCUT2D eigenvalue weighted by atomic mass is 10.2. The van der Waals surface area contributed by atoms with Crippen LogP contribution >= 0.6 is 15.9 Å². The number of fused-ring (bicyclic) bond motifs is 1. The molecule has 0 atom stereocenters. The largest absolute Gasteiger partial charge is 0.437 e. The number of benzene rings is 1. The van der Waals surface area contributed by atoms with Crippen molar-refractivity contribution in [2.45, 2.75) is 6.92 Å². The van der Waals surface area contributed by atoms with Gasteiger partial charge in [0.1, 0.15) is 5.75 Å². The van der Waals surface area contributed by atoms with Gasteiger partial charge < -0.3 is 10.1 Å². The van der Waals surface area contributed by atoms with Gasteiger partial charge in [-0.2, -0.15) is 4.98 Å². The average molecular weight is 345 g/mol. The van der Waals surface area contributed by atoms with E-state index < -0.39 is 0 Å². The first-order valence-electron chi connectivity index (χ1n) is 6.55. The molecule has 6 heteroatoms. The van der Waals surface area contributed by atoms with Crippen molar-refractivity contribution in [3.8, 4) is 11.6 Å². The molecule has 21 heavy (non-hydrogen) atoms. The van der Waals surface area contributed by atoms with Crippen molar-refractivity contribution in [3.63, 3.8) is 0 Å². The summed E-state index contributed by atoms with van der Waals surface area (Å²) in [5.41, 5.74) is 0.835. The van der Waals surface area contributed by atoms with Gasteiger partial charge in [0.2, 0.25) is 11.8 Å². The van der Waals surface area contributed by atoms with Crippen LogP contribution < -0.4 is 10.1 Å². The minimum Gasteiger partial charge on any atom is -0.437 e. The summed E-state index contributed by atoms with van der Waals surface area (Å²) in [5, 5.41) is 3.97. The highest BCUT2D eigenvalue weighted by atomic mass is 79.9. The van der Waals surface area contributed by atoms with E-state index in [1.807, 2.05) is 37.3 Å². The molecular weight excluding hydrogens is 332 g/mol. The van der Waals surface area contributed by atoms with Crippen LogP contribution in [0.2, 0.25) is 0 Å². The van der Waals surface area contributed by atoms with Gasteiger partial charge >= 0.3 is 0 Å². The Morgan fingerprint density at radius 1 is 1.19 bits per heavy atom. The fourth-order valence-electron chi connectivity index (χ4n) is 1.92. The maximum absolute atomic E-state index is 5.88.